The van der Waals surface area contributed by atoms with Crippen LogP contribution in [0.3, 0.4) is 0 Å². The van der Waals surface area contributed by atoms with Crippen LogP contribution >= 0.6 is 24.0 Å². The van der Waals surface area contributed by atoms with Gasteiger partial charge in [-0.25, -0.2) is 0 Å². The minimum Gasteiger partial charge on any atom is -0.356 e. The van der Waals surface area contributed by atoms with Crippen LogP contribution in [0.15, 0.2) is 4.99 Å². The van der Waals surface area contributed by atoms with Gasteiger partial charge in [0.05, 0.1) is 5.92 Å². The summed E-state index contributed by atoms with van der Waals surface area (Å²) < 4.78 is 38.3. The molecule has 8 heteroatoms. The number of halogens is 4. The van der Waals surface area contributed by atoms with Crippen LogP contribution in [-0.2, 0) is 0 Å². The second-order valence-corrected chi connectivity index (χ2v) is 8.35. The van der Waals surface area contributed by atoms with Gasteiger partial charge in [-0.3, -0.25) is 4.99 Å². The third-order valence-electron chi connectivity index (χ3n) is 5.54. The average Bonchev–Trinajstić information content (AvgIpc) is 2.58. The lowest BCUT2D eigenvalue weighted by molar-refractivity contribution is -0.182. The highest BCUT2D eigenvalue weighted by Gasteiger charge is 2.41. The Balaban J connectivity index is 0.00000364. The number of nitrogens with one attached hydrogen (secondary N) is 2. The molecule has 1 unspecified atom stereocenters. The van der Waals surface area contributed by atoms with E-state index in [2.05, 4.69) is 34.4 Å². The van der Waals surface area contributed by atoms with Gasteiger partial charge in [0.15, 0.2) is 5.96 Å². The van der Waals surface area contributed by atoms with Gasteiger partial charge >= 0.3 is 6.18 Å². The molecule has 2 fully saturated rings. The van der Waals surface area contributed by atoms with Gasteiger partial charge < -0.3 is 15.5 Å². The summed E-state index contributed by atoms with van der Waals surface area (Å²) in [6, 6.07) is 0.0867. The fourth-order valence-electron chi connectivity index (χ4n) is 4.19. The summed E-state index contributed by atoms with van der Waals surface area (Å²) in [5.74, 6) is 0.871. The predicted molar refractivity (Wildman–Crippen MR) is 116 cm³/mol. The summed E-state index contributed by atoms with van der Waals surface area (Å²) in [6.45, 7) is 8.81. The summed E-state index contributed by atoms with van der Waals surface area (Å²) in [5.41, 5.74) is 0. The minimum atomic E-state index is -4.05. The molecule has 0 bridgehead atoms. The van der Waals surface area contributed by atoms with Gasteiger partial charge in [-0.05, 0) is 56.9 Å². The highest BCUT2D eigenvalue weighted by molar-refractivity contribution is 14.0. The number of hydrogen-bond donors (Lipinski definition) is 2. The normalized spacial score (nSPS) is 28.0. The maximum absolute atomic E-state index is 12.8. The van der Waals surface area contributed by atoms with Gasteiger partial charge in [0.1, 0.15) is 0 Å². The topological polar surface area (TPSA) is 39.7 Å². The van der Waals surface area contributed by atoms with E-state index < -0.39 is 12.1 Å². The predicted octanol–water partition coefficient (Wildman–Crippen LogP) is 4.26. The van der Waals surface area contributed by atoms with Gasteiger partial charge in [0.25, 0.3) is 0 Å². The lowest BCUT2D eigenvalue weighted by Crippen LogP contribution is -2.48. The lowest BCUT2D eigenvalue weighted by atomic mass is 9.85. The van der Waals surface area contributed by atoms with Crippen LogP contribution in [0.5, 0.6) is 0 Å². The summed E-state index contributed by atoms with van der Waals surface area (Å²) in [7, 11) is 1.72. The molecule has 2 rings (SSSR count). The lowest BCUT2D eigenvalue weighted by Gasteiger charge is -2.34. The number of alkyl halides is 3. The average molecular weight is 504 g/mol. The van der Waals surface area contributed by atoms with Crippen molar-refractivity contribution in [1.82, 2.24) is 15.5 Å². The summed E-state index contributed by atoms with van der Waals surface area (Å²) in [6.07, 6.45) is -0.0710. The van der Waals surface area contributed by atoms with Crippen LogP contribution in [0.2, 0.25) is 0 Å². The smallest absolute Gasteiger partial charge is 0.356 e. The Morgan fingerprint density at radius 1 is 1.15 bits per heavy atom. The molecular weight excluding hydrogens is 468 g/mol. The highest BCUT2D eigenvalue weighted by Crippen LogP contribution is 2.37. The zero-order valence-electron chi connectivity index (χ0n) is 16.8. The third kappa shape index (κ3) is 8.75. The van der Waals surface area contributed by atoms with Crippen molar-refractivity contribution in [3.8, 4) is 0 Å². The maximum Gasteiger partial charge on any atom is 0.391 e. The Bertz CT molecular complexity index is 449. The Labute approximate surface area is 179 Å². The van der Waals surface area contributed by atoms with Gasteiger partial charge in [-0.2, -0.15) is 13.2 Å². The quantitative estimate of drug-likeness (QED) is 0.334. The van der Waals surface area contributed by atoms with E-state index in [1.54, 1.807) is 7.05 Å². The van der Waals surface area contributed by atoms with Crippen LogP contribution in [0.1, 0.15) is 52.4 Å². The van der Waals surface area contributed by atoms with Crippen molar-refractivity contribution in [3.63, 3.8) is 0 Å². The fourth-order valence-corrected chi connectivity index (χ4v) is 4.19. The van der Waals surface area contributed by atoms with Gasteiger partial charge in [-0.15, -0.1) is 24.0 Å². The highest BCUT2D eigenvalue weighted by atomic mass is 127. The number of aliphatic imine (C=N–C) groups is 1. The summed E-state index contributed by atoms with van der Waals surface area (Å²) in [4.78, 5) is 6.80. The number of guanidine groups is 1. The second-order valence-electron chi connectivity index (χ2n) is 8.35. The first-order valence-electron chi connectivity index (χ1n) is 10.0. The SMILES string of the molecule is CN=C(NCC1CCCN(CC(C)C)C1)NC1CCC(C(F)(F)F)CC1.I. The van der Waals surface area contributed by atoms with E-state index >= 15 is 0 Å². The van der Waals surface area contributed by atoms with E-state index in [0.29, 0.717) is 24.7 Å². The summed E-state index contributed by atoms with van der Waals surface area (Å²) in [5, 5.41) is 6.71. The van der Waals surface area contributed by atoms with Gasteiger partial charge in [-0.1, -0.05) is 13.8 Å². The largest absolute Gasteiger partial charge is 0.391 e. The zero-order chi connectivity index (χ0) is 19.2. The van der Waals surface area contributed by atoms with E-state index in [9.17, 15) is 13.2 Å². The molecular formula is C19H36F3IN4. The molecule has 1 atom stereocenters. The van der Waals surface area contributed by atoms with E-state index in [0.717, 1.165) is 25.6 Å². The molecule has 2 N–H and O–H groups in total. The molecule has 0 amide bonds. The third-order valence-corrected chi connectivity index (χ3v) is 5.54. The van der Waals surface area contributed by atoms with Crippen molar-refractivity contribution < 1.29 is 13.2 Å². The molecule has 0 radical (unpaired) electrons. The van der Waals surface area contributed by atoms with Gasteiger partial charge in [0.2, 0.25) is 0 Å². The van der Waals surface area contributed by atoms with Gasteiger partial charge in [0, 0.05) is 32.7 Å². The fraction of sp³-hybridized carbons (Fsp3) is 0.947. The minimum absolute atomic E-state index is 0. The Morgan fingerprint density at radius 2 is 1.81 bits per heavy atom. The van der Waals surface area contributed by atoms with Crippen LogP contribution < -0.4 is 10.6 Å². The monoisotopic (exact) mass is 504 g/mol. The molecule has 27 heavy (non-hydrogen) atoms. The molecule has 1 aliphatic heterocycles. The first-order valence-corrected chi connectivity index (χ1v) is 10.0. The first kappa shape index (κ1) is 24.8. The molecule has 2 aliphatic rings. The van der Waals surface area contributed by atoms with E-state index in [4.69, 9.17) is 0 Å². The van der Waals surface area contributed by atoms with Crippen molar-refractivity contribution in [2.24, 2.45) is 22.7 Å². The molecule has 1 aliphatic carbocycles. The number of hydrogen-bond acceptors (Lipinski definition) is 2. The number of nitrogens with zero attached hydrogens (tertiary/aromatic N) is 2. The van der Waals surface area contributed by atoms with E-state index in [1.165, 1.54) is 19.4 Å². The van der Waals surface area contributed by atoms with Crippen molar-refractivity contribution >= 4 is 29.9 Å². The number of likely N-dealkylation sites (tertiary alicyclic amines) is 1. The molecule has 0 aromatic heterocycles. The zero-order valence-corrected chi connectivity index (χ0v) is 19.1. The second kappa shape index (κ2) is 11.7. The van der Waals surface area contributed by atoms with Crippen molar-refractivity contribution in [2.75, 3.05) is 33.2 Å². The van der Waals surface area contributed by atoms with Crippen LogP contribution in [0.25, 0.3) is 0 Å². The Hall–Kier alpha value is -0.250. The number of rotatable bonds is 5. The van der Waals surface area contributed by atoms with Crippen LogP contribution in [0, 0.1) is 17.8 Å². The van der Waals surface area contributed by atoms with Crippen molar-refractivity contribution in [2.45, 2.75) is 64.6 Å². The summed E-state index contributed by atoms with van der Waals surface area (Å²) >= 11 is 0. The number of piperidine rings is 1. The molecule has 160 valence electrons. The molecule has 4 nitrogen and oxygen atoms in total. The Morgan fingerprint density at radius 3 is 2.37 bits per heavy atom. The van der Waals surface area contributed by atoms with Crippen molar-refractivity contribution in [1.29, 1.82) is 0 Å². The molecule has 1 saturated carbocycles. The van der Waals surface area contributed by atoms with Crippen LogP contribution in [0.4, 0.5) is 13.2 Å². The molecule has 0 aromatic rings. The Kier molecular flexibility index (Phi) is 10.7. The van der Waals surface area contributed by atoms with E-state index in [-0.39, 0.29) is 42.9 Å². The molecule has 1 heterocycles. The maximum atomic E-state index is 12.8. The molecule has 1 saturated heterocycles. The van der Waals surface area contributed by atoms with Crippen molar-refractivity contribution in [3.05, 3.63) is 0 Å². The molecule has 0 aromatic carbocycles. The standard InChI is InChI=1S/C19H35F3N4.HI/c1-14(2)12-26-10-4-5-15(13-26)11-24-18(23-3)25-17-8-6-16(7-9-17)19(20,21)22;/h14-17H,4-13H2,1-3H3,(H2,23,24,25);1H. The van der Waals surface area contributed by atoms with Crippen LogP contribution in [-0.4, -0.2) is 56.3 Å². The molecule has 0 spiro atoms. The van der Waals surface area contributed by atoms with E-state index in [1.807, 2.05) is 0 Å². The first-order chi connectivity index (χ1) is 12.3.